The van der Waals surface area contributed by atoms with Gasteiger partial charge in [-0.1, -0.05) is 48.5 Å². The Balaban J connectivity index is 1.38. The molecule has 0 bridgehead atoms. The zero-order valence-corrected chi connectivity index (χ0v) is 17.0. The number of hydrogen-bond acceptors (Lipinski definition) is 5. The van der Waals surface area contributed by atoms with Gasteiger partial charge in [-0.2, -0.15) is 4.31 Å². The van der Waals surface area contributed by atoms with Crippen LogP contribution in [0.1, 0.15) is 27.7 Å². The molecule has 1 aromatic heterocycles. The number of carbonyl (C=O) groups is 1. The van der Waals surface area contributed by atoms with E-state index in [4.69, 9.17) is 10.2 Å². The second kappa shape index (κ2) is 7.09. The van der Waals surface area contributed by atoms with Gasteiger partial charge >= 0.3 is 0 Å². The smallest absolute Gasteiger partial charge is 0.284 e. The molecule has 7 nitrogen and oxygen atoms in total. The van der Waals surface area contributed by atoms with Crippen molar-refractivity contribution in [3.63, 3.8) is 0 Å². The lowest BCUT2D eigenvalue weighted by molar-refractivity contribution is 0.0968. The van der Waals surface area contributed by atoms with Gasteiger partial charge in [-0.3, -0.25) is 9.69 Å². The van der Waals surface area contributed by atoms with E-state index in [9.17, 15) is 13.2 Å². The Bertz CT molecular complexity index is 1180. The van der Waals surface area contributed by atoms with Gasteiger partial charge in [-0.05, 0) is 34.4 Å². The number of hydrogen-bond donors (Lipinski definition) is 1. The summed E-state index contributed by atoms with van der Waals surface area (Å²) in [6, 6.07) is 19.5. The number of nitrogens with two attached hydrogens (primary N) is 1. The molecule has 1 saturated heterocycles. The highest BCUT2D eigenvalue weighted by atomic mass is 32.2. The van der Waals surface area contributed by atoms with E-state index in [1.807, 2.05) is 24.3 Å². The molecule has 0 atom stereocenters. The van der Waals surface area contributed by atoms with Crippen LogP contribution in [-0.4, -0.2) is 49.7 Å². The third kappa shape index (κ3) is 2.96. The minimum absolute atomic E-state index is 0.118. The van der Waals surface area contributed by atoms with Crippen molar-refractivity contribution in [1.82, 2.24) is 9.21 Å². The molecule has 3 aromatic rings. The van der Waals surface area contributed by atoms with E-state index >= 15 is 0 Å². The van der Waals surface area contributed by atoms with E-state index in [1.165, 1.54) is 38.7 Å². The predicted octanol–water partition coefficient (Wildman–Crippen LogP) is 2.45. The highest BCUT2D eigenvalue weighted by molar-refractivity contribution is 7.89. The first kappa shape index (κ1) is 19.0. The minimum Gasteiger partial charge on any atom is -0.438 e. The first-order chi connectivity index (χ1) is 14.5. The number of piperazine rings is 1. The van der Waals surface area contributed by atoms with Gasteiger partial charge in [0, 0.05) is 26.2 Å². The van der Waals surface area contributed by atoms with Crippen LogP contribution in [0.4, 0.5) is 0 Å². The van der Waals surface area contributed by atoms with E-state index in [0.29, 0.717) is 26.2 Å². The van der Waals surface area contributed by atoms with Crippen molar-refractivity contribution in [1.29, 1.82) is 0 Å². The molecule has 1 aliphatic carbocycles. The van der Waals surface area contributed by atoms with Crippen LogP contribution in [-0.2, 0) is 10.0 Å². The Hall–Kier alpha value is -2.94. The van der Waals surface area contributed by atoms with Crippen molar-refractivity contribution in [2.45, 2.75) is 11.1 Å². The SMILES string of the molecule is NC(=O)c1ccc(S(=O)(=O)N2CCN(C3c4ccccc4-c4ccccc43)CC2)o1. The summed E-state index contributed by atoms with van der Waals surface area (Å²) in [6.07, 6.45) is 0. The molecule has 5 rings (SSSR count). The zero-order chi connectivity index (χ0) is 20.9. The number of amides is 1. The Labute approximate surface area is 174 Å². The normalized spacial score (nSPS) is 17.6. The monoisotopic (exact) mass is 423 g/mol. The van der Waals surface area contributed by atoms with E-state index < -0.39 is 15.9 Å². The largest absolute Gasteiger partial charge is 0.438 e. The Morgan fingerprint density at radius 1 is 0.867 bits per heavy atom. The number of furan rings is 1. The summed E-state index contributed by atoms with van der Waals surface area (Å²) in [5.74, 6) is -0.953. The molecule has 154 valence electrons. The fourth-order valence-corrected chi connectivity index (χ4v) is 5.78. The molecular weight excluding hydrogens is 402 g/mol. The second-order valence-electron chi connectivity index (χ2n) is 7.50. The number of carbonyl (C=O) groups excluding carboxylic acids is 1. The minimum atomic E-state index is -3.81. The Morgan fingerprint density at radius 3 is 1.97 bits per heavy atom. The summed E-state index contributed by atoms with van der Waals surface area (Å²) in [5, 5.41) is -0.249. The maximum absolute atomic E-state index is 12.9. The van der Waals surface area contributed by atoms with E-state index in [1.54, 1.807) is 0 Å². The van der Waals surface area contributed by atoms with E-state index in [2.05, 4.69) is 29.2 Å². The van der Waals surface area contributed by atoms with Crippen molar-refractivity contribution in [2.24, 2.45) is 5.73 Å². The molecule has 8 heteroatoms. The van der Waals surface area contributed by atoms with Crippen molar-refractivity contribution < 1.29 is 17.6 Å². The van der Waals surface area contributed by atoms with Gasteiger partial charge in [0.05, 0.1) is 6.04 Å². The topological polar surface area (TPSA) is 96.8 Å². The summed E-state index contributed by atoms with van der Waals surface area (Å²) in [4.78, 5) is 13.5. The fraction of sp³-hybridized carbons (Fsp3) is 0.227. The van der Waals surface area contributed by atoms with Crippen LogP contribution < -0.4 is 5.73 Å². The summed E-state index contributed by atoms with van der Waals surface area (Å²) < 4.78 is 32.4. The first-order valence-electron chi connectivity index (χ1n) is 9.79. The lowest BCUT2D eigenvalue weighted by atomic mass is 10.0. The third-order valence-electron chi connectivity index (χ3n) is 5.86. The average molecular weight is 423 g/mol. The highest BCUT2D eigenvalue weighted by Crippen LogP contribution is 2.46. The van der Waals surface area contributed by atoms with Gasteiger partial charge in [-0.25, -0.2) is 8.42 Å². The predicted molar refractivity (Wildman–Crippen MR) is 111 cm³/mol. The first-order valence-corrected chi connectivity index (χ1v) is 11.2. The maximum Gasteiger partial charge on any atom is 0.284 e. The molecule has 0 radical (unpaired) electrons. The van der Waals surface area contributed by atoms with Crippen LogP contribution in [0.5, 0.6) is 0 Å². The molecule has 1 aliphatic heterocycles. The van der Waals surface area contributed by atoms with Gasteiger partial charge in [0.15, 0.2) is 5.76 Å². The van der Waals surface area contributed by atoms with Crippen LogP contribution in [0.3, 0.4) is 0 Å². The summed E-state index contributed by atoms with van der Waals surface area (Å²) in [5.41, 5.74) is 10.2. The lowest BCUT2D eigenvalue weighted by Gasteiger charge is -2.37. The van der Waals surface area contributed by atoms with E-state index in [-0.39, 0.29) is 16.9 Å². The molecule has 2 aromatic carbocycles. The summed E-state index contributed by atoms with van der Waals surface area (Å²) in [6.45, 7) is 1.87. The maximum atomic E-state index is 12.9. The van der Waals surface area contributed by atoms with E-state index in [0.717, 1.165) is 0 Å². The third-order valence-corrected chi connectivity index (χ3v) is 7.63. The highest BCUT2D eigenvalue weighted by Gasteiger charge is 2.37. The van der Waals surface area contributed by atoms with Gasteiger partial charge in [-0.15, -0.1) is 0 Å². The number of rotatable bonds is 4. The molecule has 1 fully saturated rings. The fourth-order valence-electron chi connectivity index (χ4n) is 4.44. The lowest BCUT2D eigenvalue weighted by Crippen LogP contribution is -2.49. The van der Waals surface area contributed by atoms with Gasteiger partial charge in [0.2, 0.25) is 5.09 Å². The van der Waals surface area contributed by atoms with Gasteiger partial charge in [0.25, 0.3) is 15.9 Å². The van der Waals surface area contributed by atoms with Crippen molar-refractivity contribution in [3.05, 3.63) is 77.6 Å². The van der Waals surface area contributed by atoms with Crippen LogP contribution in [0.25, 0.3) is 11.1 Å². The molecule has 2 N–H and O–H groups in total. The Morgan fingerprint density at radius 2 is 1.43 bits per heavy atom. The zero-order valence-electron chi connectivity index (χ0n) is 16.2. The summed E-state index contributed by atoms with van der Waals surface area (Å²) in [7, 11) is -3.81. The van der Waals surface area contributed by atoms with Crippen molar-refractivity contribution >= 4 is 15.9 Å². The van der Waals surface area contributed by atoms with Crippen LogP contribution in [0.15, 0.2) is 70.2 Å². The number of sulfonamides is 1. The Kier molecular flexibility index (Phi) is 4.50. The number of benzene rings is 2. The van der Waals surface area contributed by atoms with Crippen LogP contribution in [0, 0.1) is 0 Å². The van der Waals surface area contributed by atoms with Gasteiger partial charge in [0.1, 0.15) is 0 Å². The average Bonchev–Trinajstić information content (AvgIpc) is 3.38. The molecule has 0 unspecified atom stereocenters. The molecular formula is C22H21N3O4S. The molecule has 0 spiro atoms. The van der Waals surface area contributed by atoms with Crippen molar-refractivity contribution in [3.8, 4) is 11.1 Å². The number of fused-ring (bicyclic) bond motifs is 3. The molecule has 1 amide bonds. The summed E-state index contributed by atoms with van der Waals surface area (Å²) >= 11 is 0. The molecule has 2 aliphatic rings. The standard InChI is InChI=1S/C22H21N3O4S/c23-22(26)19-9-10-20(29-19)30(27,28)25-13-11-24(12-14-25)21-17-7-3-1-5-15(17)16-6-2-4-8-18(16)21/h1-10,21H,11-14H2,(H2,23,26). The molecule has 30 heavy (non-hydrogen) atoms. The van der Waals surface area contributed by atoms with Crippen molar-refractivity contribution in [2.75, 3.05) is 26.2 Å². The molecule has 0 saturated carbocycles. The second-order valence-corrected chi connectivity index (χ2v) is 9.37. The van der Waals surface area contributed by atoms with Gasteiger partial charge < -0.3 is 10.2 Å². The quantitative estimate of drug-likeness (QED) is 0.695. The van der Waals surface area contributed by atoms with Crippen LogP contribution in [0.2, 0.25) is 0 Å². The number of primary amides is 1. The number of nitrogens with zero attached hydrogens (tertiary/aromatic N) is 2. The van der Waals surface area contributed by atoms with Crippen LogP contribution >= 0.6 is 0 Å². The molecule has 2 heterocycles.